The number of rotatable bonds is 4. The Kier molecular flexibility index (Phi) is 4.28. The SMILES string of the molecule is Nc1ccccc1OCCNC(=O)N1CCCC1. The highest BCUT2D eigenvalue weighted by molar-refractivity contribution is 5.74. The van der Waals surface area contributed by atoms with Crippen LogP contribution in [0, 0.1) is 0 Å². The smallest absolute Gasteiger partial charge is 0.317 e. The first-order chi connectivity index (χ1) is 8.77. The van der Waals surface area contributed by atoms with Crippen molar-refractivity contribution in [3.8, 4) is 5.75 Å². The molecular weight excluding hydrogens is 230 g/mol. The second kappa shape index (κ2) is 6.14. The van der Waals surface area contributed by atoms with E-state index >= 15 is 0 Å². The number of nitrogen functional groups attached to an aromatic ring is 1. The molecule has 0 unspecified atom stereocenters. The van der Waals surface area contributed by atoms with E-state index < -0.39 is 0 Å². The van der Waals surface area contributed by atoms with Gasteiger partial charge in [0, 0.05) is 13.1 Å². The minimum Gasteiger partial charge on any atom is -0.490 e. The molecule has 2 rings (SSSR count). The number of likely N-dealkylation sites (tertiary alicyclic amines) is 1. The number of urea groups is 1. The number of carbonyl (C=O) groups excluding carboxylic acids is 1. The van der Waals surface area contributed by atoms with E-state index in [1.54, 1.807) is 6.07 Å². The number of hydrogen-bond donors (Lipinski definition) is 2. The molecule has 1 aromatic rings. The van der Waals surface area contributed by atoms with Crippen molar-refractivity contribution in [3.63, 3.8) is 0 Å². The zero-order valence-electron chi connectivity index (χ0n) is 10.4. The van der Waals surface area contributed by atoms with E-state index in [1.165, 1.54) is 0 Å². The van der Waals surface area contributed by atoms with Gasteiger partial charge < -0.3 is 20.7 Å². The van der Waals surface area contributed by atoms with E-state index in [1.807, 2.05) is 23.1 Å². The van der Waals surface area contributed by atoms with E-state index in [4.69, 9.17) is 10.5 Å². The third-order valence-electron chi connectivity index (χ3n) is 2.95. The number of amides is 2. The normalized spacial score (nSPS) is 14.6. The number of hydrogen-bond acceptors (Lipinski definition) is 3. The Balaban J connectivity index is 1.67. The molecule has 0 atom stereocenters. The second-order valence-electron chi connectivity index (χ2n) is 4.31. The number of nitrogens with zero attached hydrogens (tertiary/aromatic N) is 1. The molecule has 0 bridgehead atoms. The number of carbonyl (C=O) groups is 1. The highest BCUT2D eigenvalue weighted by Crippen LogP contribution is 2.19. The lowest BCUT2D eigenvalue weighted by Crippen LogP contribution is -2.39. The highest BCUT2D eigenvalue weighted by Gasteiger charge is 2.16. The zero-order chi connectivity index (χ0) is 12.8. The maximum absolute atomic E-state index is 11.7. The molecule has 2 amide bonds. The van der Waals surface area contributed by atoms with Crippen molar-refractivity contribution in [2.75, 3.05) is 32.0 Å². The Morgan fingerprint density at radius 2 is 2.06 bits per heavy atom. The summed E-state index contributed by atoms with van der Waals surface area (Å²) in [6.45, 7) is 2.63. The molecular formula is C13H19N3O2. The summed E-state index contributed by atoms with van der Waals surface area (Å²) in [7, 11) is 0. The van der Waals surface area contributed by atoms with Gasteiger partial charge in [-0.25, -0.2) is 4.79 Å². The van der Waals surface area contributed by atoms with Crippen molar-refractivity contribution in [1.29, 1.82) is 0 Å². The molecule has 1 fully saturated rings. The van der Waals surface area contributed by atoms with Crippen LogP contribution in [0.2, 0.25) is 0 Å². The summed E-state index contributed by atoms with van der Waals surface area (Å²) in [6, 6.07) is 7.33. The average Bonchev–Trinajstić information content (AvgIpc) is 2.90. The Bertz CT molecular complexity index is 403. The first-order valence-corrected chi connectivity index (χ1v) is 6.27. The fourth-order valence-corrected chi connectivity index (χ4v) is 1.96. The molecule has 1 heterocycles. The molecule has 0 spiro atoms. The van der Waals surface area contributed by atoms with Crippen LogP contribution in [-0.2, 0) is 0 Å². The van der Waals surface area contributed by atoms with Gasteiger partial charge in [-0.05, 0) is 25.0 Å². The average molecular weight is 249 g/mol. The Morgan fingerprint density at radius 1 is 1.33 bits per heavy atom. The lowest BCUT2D eigenvalue weighted by molar-refractivity contribution is 0.205. The lowest BCUT2D eigenvalue weighted by atomic mass is 10.3. The molecule has 5 heteroatoms. The maximum Gasteiger partial charge on any atom is 0.317 e. The van der Waals surface area contributed by atoms with Gasteiger partial charge in [0.15, 0.2) is 0 Å². The van der Waals surface area contributed by atoms with Crippen molar-refractivity contribution < 1.29 is 9.53 Å². The molecule has 98 valence electrons. The Morgan fingerprint density at radius 3 is 2.78 bits per heavy atom. The van der Waals surface area contributed by atoms with Crippen LogP contribution in [0.3, 0.4) is 0 Å². The topological polar surface area (TPSA) is 67.6 Å². The molecule has 1 saturated heterocycles. The molecule has 1 aliphatic rings. The minimum atomic E-state index is -0.00265. The quantitative estimate of drug-likeness (QED) is 0.627. The summed E-state index contributed by atoms with van der Waals surface area (Å²) in [5.41, 5.74) is 6.36. The van der Waals surface area contributed by atoms with Crippen LogP contribution < -0.4 is 15.8 Å². The molecule has 5 nitrogen and oxygen atoms in total. The Hall–Kier alpha value is -1.91. The predicted molar refractivity (Wildman–Crippen MR) is 70.6 cm³/mol. The number of benzene rings is 1. The van der Waals surface area contributed by atoms with Crippen LogP contribution in [0.1, 0.15) is 12.8 Å². The van der Waals surface area contributed by atoms with Gasteiger partial charge in [0.1, 0.15) is 12.4 Å². The van der Waals surface area contributed by atoms with Crippen molar-refractivity contribution in [1.82, 2.24) is 10.2 Å². The zero-order valence-corrected chi connectivity index (χ0v) is 10.4. The van der Waals surface area contributed by atoms with Gasteiger partial charge in [-0.1, -0.05) is 12.1 Å². The van der Waals surface area contributed by atoms with Gasteiger partial charge in [0.05, 0.1) is 12.2 Å². The number of nitrogens with one attached hydrogen (secondary N) is 1. The number of para-hydroxylation sites is 2. The summed E-state index contributed by atoms with van der Waals surface area (Å²) in [5, 5.41) is 2.84. The summed E-state index contributed by atoms with van der Waals surface area (Å²) in [5.74, 6) is 0.660. The number of ether oxygens (including phenoxy) is 1. The first-order valence-electron chi connectivity index (χ1n) is 6.27. The van der Waals surface area contributed by atoms with E-state index in [0.717, 1.165) is 25.9 Å². The Labute approximate surface area is 107 Å². The molecule has 0 aromatic heterocycles. The van der Waals surface area contributed by atoms with Gasteiger partial charge in [-0.3, -0.25) is 0 Å². The van der Waals surface area contributed by atoms with Crippen LogP contribution in [0.4, 0.5) is 10.5 Å². The summed E-state index contributed by atoms with van der Waals surface area (Å²) in [6.07, 6.45) is 2.20. The number of anilines is 1. The van der Waals surface area contributed by atoms with E-state index in [-0.39, 0.29) is 6.03 Å². The van der Waals surface area contributed by atoms with Gasteiger partial charge in [-0.15, -0.1) is 0 Å². The van der Waals surface area contributed by atoms with Gasteiger partial charge in [0.2, 0.25) is 0 Å². The standard InChI is InChI=1S/C13H19N3O2/c14-11-5-1-2-6-12(11)18-10-7-15-13(17)16-8-3-4-9-16/h1-2,5-6H,3-4,7-10,14H2,(H,15,17). The summed E-state index contributed by atoms with van der Waals surface area (Å²) in [4.78, 5) is 13.5. The third-order valence-corrected chi connectivity index (χ3v) is 2.95. The maximum atomic E-state index is 11.7. The van der Waals surface area contributed by atoms with Gasteiger partial charge in [0.25, 0.3) is 0 Å². The summed E-state index contributed by atoms with van der Waals surface area (Å²) >= 11 is 0. The first kappa shape index (κ1) is 12.5. The van der Waals surface area contributed by atoms with E-state index in [0.29, 0.717) is 24.6 Å². The highest BCUT2D eigenvalue weighted by atomic mass is 16.5. The van der Waals surface area contributed by atoms with Crippen LogP contribution in [0.5, 0.6) is 5.75 Å². The van der Waals surface area contributed by atoms with Crippen molar-refractivity contribution >= 4 is 11.7 Å². The fourth-order valence-electron chi connectivity index (χ4n) is 1.96. The largest absolute Gasteiger partial charge is 0.490 e. The summed E-state index contributed by atoms with van der Waals surface area (Å²) < 4.78 is 5.49. The molecule has 1 aliphatic heterocycles. The van der Waals surface area contributed by atoms with Crippen LogP contribution >= 0.6 is 0 Å². The van der Waals surface area contributed by atoms with Crippen molar-refractivity contribution in [2.45, 2.75) is 12.8 Å². The van der Waals surface area contributed by atoms with Crippen LogP contribution in [-0.4, -0.2) is 37.2 Å². The molecule has 0 radical (unpaired) electrons. The van der Waals surface area contributed by atoms with E-state index in [2.05, 4.69) is 5.32 Å². The van der Waals surface area contributed by atoms with Gasteiger partial charge >= 0.3 is 6.03 Å². The molecule has 1 aromatic carbocycles. The predicted octanol–water partition coefficient (Wildman–Crippen LogP) is 1.45. The van der Waals surface area contributed by atoms with Crippen molar-refractivity contribution in [2.24, 2.45) is 0 Å². The molecule has 18 heavy (non-hydrogen) atoms. The molecule has 3 N–H and O–H groups in total. The van der Waals surface area contributed by atoms with Gasteiger partial charge in [-0.2, -0.15) is 0 Å². The fraction of sp³-hybridized carbons (Fsp3) is 0.462. The van der Waals surface area contributed by atoms with Crippen LogP contribution in [0.25, 0.3) is 0 Å². The van der Waals surface area contributed by atoms with Crippen molar-refractivity contribution in [3.05, 3.63) is 24.3 Å². The lowest BCUT2D eigenvalue weighted by Gasteiger charge is -2.16. The second-order valence-corrected chi connectivity index (χ2v) is 4.31. The van der Waals surface area contributed by atoms with E-state index in [9.17, 15) is 4.79 Å². The minimum absolute atomic E-state index is 0.00265. The molecule has 0 saturated carbocycles. The monoisotopic (exact) mass is 249 g/mol. The number of nitrogens with two attached hydrogens (primary N) is 1. The van der Waals surface area contributed by atoms with Crippen LogP contribution in [0.15, 0.2) is 24.3 Å². The third kappa shape index (κ3) is 3.29. The molecule has 0 aliphatic carbocycles.